The number of carboxylic acid groups (broad SMARTS) is 1. The molecular formula is C20H17NO6S. The summed E-state index contributed by atoms with van der Waals surface area (Å²) in [6.07, 6.45) is 2.43. The van der Waals surface area contributed by atoms with E-state index in [1.165, 1.54) is 31.3 Å². The highest BCUT2D eigenvalue weighted by Crippen LogP contribution is 2.34. The van der Waals surface area contributed by atoms with Crippen molar-refractivity contribution in [1.82, 2.24) is 4.31 Å². The minimum absolute atomic E-state index is 0.0702. The number of carbonyl (C=O) groups excluding carboxylic acids is 1. The number of carboxylic acids is 1. The van der Waals surface area contributed by atoms with Crippen molar-refractivity contribution in [3.8, 4) is 0 Å². The summed E-state index contributed by atoms with van der Waals surface area (Å²) < 4.78 is 26.0. The third-order valence-corrected chi connectivity index (χ3v) is 6.10. The van der Waals surface area contributed by atoms with E-state index in [-0.39, 0.29) is 22.6 Å². The summed E-state index contributed by atoms with van der Waals surface area (Å²) in [4.78, 5) is 23.4. The second-order valence-corrected chi connectivity index (χ2v) is 8.12. The zero-order chi connectivity index (χ0) is 20.5. The van der Waals surface area contributed by atoms with Gasteiger partial charge in [-0.05, 0) is 29.3 Å². The van der Waals surface area contributed by atoms with Crippen molar-refractivity contribution in [1.29, 1.82) is 0 Å². The van der Waals surface area contributed by atoms with E-state index >= 15 is 0 Å². The summed E-state index contributed by atoms with van der Waals surface area (Å²) >= 11 is 0. The number of likely N-dealkylation sites (N-methyl/N-ethyl adjacent to an activating group) is 1. The van der Waals surface area contributed by atoms with Gasteiger partial charge in [0.15, 0.2) is 5.76 Å². The standard InChI is InChI=1S/C20H17NO6S/c1-21-19(20(25)15-7-2-3-8-17(15)28(21,26)27)16(22)10-9-13-5-4-6-14(11-13)12-18(23)24/h2-11,25H,12H2,1H3,(H,23,24). The number of benzene rings is 2. The molecule has 0 fully saturated rings. The van der Waals surface area contributed by atoms with E-state index in [4.69, 9.17) is 5.11 Å². The van der Waals surface area contributed by atoms with Crippen molar-refractivity contribution in [2.45, 2.75) is 11.3 Å². The molecule has 2 aromatic rings. The molecule has 2 aromatic carbocycles. The first-order valence-electron chi connectivity index (χ1n) is 8.26. The van der Waals surface area contributed by atoms with E-state index in [9.17, 15) is 23.1 Å². The summed E-state index contributed by atoms with van der Waals surface area (Å²) in [5.74, 6) is -2.08. The molecule has 0 bridgehead atoms. The van der Waals surface area contributed by atoms with Gasteiger partial charge in [0, 0.05) is 12.6 Å². The minimum atomic E-state index is -3.96. The molecule has 0 spiro atoms. The van der Waals surface area contributed by atoms with E-state index in [1.54, 1.807) is 30.3 Å². The molecule has 0 unspecified atom stereocenters. The first-order valence-corrected chi connectivity index (χ1v) is 9.70. The van der Waals surface area contributed by atoms with Crippen LogP contribution in [0.3, 0.4) is 0 Å². The molecule has 7 nitrogen and oxygen atoms in total. The average Bonchev–Trinajstić information content (AvgIpc) is 2.65. The third-order valence-electron chi connectivity index (χ3n) is 4.29. The molecular weight excluding hydrogens is 382 g/mol. The van der Waals surface area contributed by atoms with E-state index in [0.29, 0.717) is 11.1 Å². The van der Waals surface area contributed by atoms with Gasteiger partial charge in [-0.1, -0.05) is 42.5 Å². The van der Waals surface area contributed by atoms with Crippen LogP contribution < -0.4 is 0 Å². The average molecular weight is 399 g/mol. The Morgan fingerprint density at radius 1 is 1.11 bits per heavy atom. The quantitative estimate of drug-likeness (QED) is 0.747. The fraction of sp³-hybridized carbons (Fsp3) is 0.100. The maximum atomic E-state index is 12.6. The van der Waals surface area contributed by atoms with E-state index in [1.807, 2.05) is 0 Å². The van der Waals surface area contributed by atoms with Gasteiger partial charge in [-0.2, -0.15) is 0 Å². The third kappa shape index (κ3) is 3.54. The molecule has 144 valence electrons. The summed E-state index contributed by atoms with van der Waals surface area (Å²) in [6.45, 7) is 0. The molecule has 0 atom stereocenters. The van der Waals surface area contributed by atoms with Gasteiger partial charge < -0.3 is 10.2 Å². The summed E-state index contributed by atoms with van der Waals surface area (Å²) in [5, 5.41) is 19.4. The summed E-state index contributed by atoms with van der Waals surface area (Å²) in [5.41, 5.74) is 0.863. The second kappa shape index (κ2) is 7.32. The van der Waals surface area contributed by atoms with Crippen LogP contribution in [0.25, 0.3) is 11.8 Å². The highest BCUT2D eigenvalue weighted by Gasteiger charge is 2.36. The highest BCUT2D eigenvalue weighted by atomic mass is 32.2. The molecule has 0 saturated carbocycles. The molecule has 1 aliphatic rings. The fourth-order valence-corrected chi connectivity index (χ4v) is 4.34. The van der Waals surface area contributed by atoms with Gasteiger partial charge >= 0.3 is 5.97 Å². The largest absolute Gasteiger partial charge is 0.505 e. The number of nitrogens with zero attached hydrogens (tertiary/aromatic N) is 1. The molecule has 28 heavy (non-hydrogen) atoms. The molecule has 0 aliphatic carbocycles. The van der Waals surface area contributed by atoms with Crippen LogP contribution in [0.5, 0.6) is 0 Å². The van der Waals surface area contributed by atoms with Crippen LogP contribution in [0.2, 0.25) is 0 Å². The minimum Gasteiger partial charge on any atom is -0.505 e. The number of ketones is 1. The van der Waals surface area contributed by atoms with E-state index < -0.39 is 27.5 Å². The van der Waals surface area contributed by atoms with E-state index in [0.717, 1.165) is 10.4 Å². The number of hydrogen-bond acceptors (Lipinski definition) is 5. The van der Waals surface area contributed by atoms with Crippen LogP contribution in [-0.4, -0.2) is 41.7 Å². The first kappa shape index (κ1) is 19.4. The van der Waals surface area contributed by atoms with Crippen LogP contribution in [0.4, 0.5) is 0 Å². The monoisotopic (exact) mass is 399 g/mol. The van der Waals surface area contributed by atoms with Gasteiger partial charge in [-0.15, -0.1) is 0 Å². The SMILES string of the molecule is CN1C(C(=O)C=Cc2cccc(CC(=O)O)c2)=C(O)c2ccccc2S1(=O)=O. The Kier molecular flexibility index (Phi) is 5.06. The van der Waals surface area contributed by atoms with Gasteiger partial charge in [0.25, 0.3) is 10.0 Å². The number of hydrogen-bond donors (Lipinski definition) is 2. The normalized spacial score (nSPS) is 15.5. The Hall–Kier alpha value is -3.39. The Balaban J connectivity index is 1.96. The molecule has 1 heterocycles. The number of carbonyl (C=O) groups is 2. The van der Waals surface area contributed by atoms with Gasteiger partial charge in [-0.25, -0.2) is 8.42 Å². The lowest BCUT2D eigenvalue weighted by molar-refractivity contribution is -0.136. The van der Waals surface area contributed by atoms with Crippen LogP contribution in [0.15, 0.2) is 65.2 Å². The van der Waals surface area contributed by atoms with E-state index in [2.05, 4.69) is 0 Å². The maximum absolute atomic E-state index is 12.6. The topological polar surface area (TPSA) is 112 Å². The highest BCUT2D eigenvalue weighted by molar-refractivity contribution is 7.89. The van der Waals surface area contributed by atoms with Crippen LogP contribution in [-0.2, 0) is 26.0 Å². The van der Waals surface area contributed by atoms with Crippen LogP contribution >= 0.6 is 0 Å². The molecule has 0 saturated heterocycles. The molecule has 3 rings (SSSR count). The van der Waals surface area contributed by atoms with Gasteiger partial charge in [0.05, 0.1) is 11.3 Å². The zero-order valence-corrected chi connectivity index (χ0v) is 15.7. The number of allylic oxidation sites excluding steroid dienone is 1. The number of aliphatic carboxylic acids is 1. The Morgan fingerprint density at radius 2 is 1.82 bits per heavy atom. The Bertz CT molecular complexity index is 1130. The summed E-state index contributed by atoms with van der Waals surface area (Å²) in [7, 11) is -2.75. The van der Waals surface area contributed by atoms with Crippen molar-refractivity contribution in [2.24, 2.45) is 0 Å². The number of aliphatic hydroxyl groups excluding tert-OH is 1. The van der Waals surface area contributed by atoms with Crippen molar-refractivity contribution in [2.75, 3.05) is 7.05 Å². The molecule has 1 aliphatic heterocycles. The smallest absolute Gasteiger partial charge is 0.307 e. The fourth-order valence-electron chi connectivity index (χ4n) is 2.94. The van der Waals surface area contributed by atoms with Gasteiger partial charge in [0.2, 0.25) is 5.78 Å². The van der Waals surface area contributed by atoms with Crippen LogP contribution in [0.1, 0.15) is 16.7 Å². The Labute approximate surface area is 161 Å². The zero-order valence-electron chi connectivity index (χ0n) is 14.9. The Morgan fingerprint density at radius 3 is 2.54 bits per heavy atom. The molecule has 8 heteroatoms. The molecule has 0 amide bonds. The molecule has 2 N–H and O–H groups in total. The van der Waals surface area contributed by atoms with Crippen molar-refractivity contribution >= 4 is 33.6 Å². The molecule has 0 aromatic heterocycles. The van der Waals surface area contributed by atoms with Crippen molar-refractivity contribution in [3.63, 3.8) is 0 Å². The number of sulfonamides is 1. The first-order chi connectivity index (χ1) is 13.2. The lowest BCUT2D eigenvalue weighted by Crippen LogP contribution is -2.34. The maximum Gasteiger partial charge on any atom is 0.307 e. The number of aliphatic hydroxyl groups is 1. The molecule has 0 radical (unpaired) electrons. The number of fused-ring (bicyclic) bond motifs is 1. The van der Waals surface area contributed by atoms with Gasteiger partial charge in [0.1, 0.15) is 5.70 Å². The lowest BCUT2D eigenvalue weighted by Gasteiger charge is -2.27. The second-order valence-electron chi connectivity index (χ2n) is 6.18. The van der Waals surface area contributed by atoms with Crippen molar-refractivity contribution in [3.05, 3.63) is 77.0 Å². The predicted molar refractivity (Wildman–Crippen MR) is 103 cm³/mol. The lowest BCUT2D eigenvalue weighted by atomic mass is 10.1. The number of rotatable bonds is 5. The predicted octanol–water partition coefficient (Wildman–Crippen LogP) is 2.46. The van der Waals surface area contributed by atoms with Crippen molar-refractivity contribution < 1.29 is 28.2 Å². The summed E-state index contributed by atoms with van der Waals surface area (Å²) in [6, 6.07) is 12.5. The van der Waals surface area contributed by atoms with Gasteiger partial charge in [-0.3, -0.25) is 13.9 Å². The van der Waals surface area contributed by atoms with Crippen LogP contribution in [0, 0.1) is 0 Å².